The van der Waals surface area contributed by atoms with Crippen molar-refractivity contribution < 1.29 is 0 Å². The minimum Gasteiger partial charge on any atom is -0.383 e. The summed E-state index contributed by atoms with van der Waals surface area (Å²) >= 11 is 12.0. The van der Waals surface area contributed by atoms with Gasteiger partial charge in [-0.2, -0.15) is 0 Å². The van der Waals surface area contributed by atoms with Crippen molar-refractivity contribution in [3.8, 4) is 0 Å². The monoisotopic (exact) mass is 258 g/mol. The third-order valence-corrected chi connectivity index (χ3v) is 3.47. The lowest BCUT2D eigenvalue weighted by Crippen LogP contribution is -2.33. The summed E-state index contributed by atoms with van der Waals surface area (Å²) < 4.78 is 0. The highest BCUT2D eigenvalue weighted by Gasteiger charge is 2.12. The third kappa shape index (κ3) is 3.27. The molecule has 0 aliphatic carbocycles. The van der Waals surface area contributed by atoms with E-state index in [-0.39, 0.29) is 0 Å². The van der Waals surface area contributed by atoms with Crippen molar-refractivity contribution in [1.82, 2.24) is 5.32 Å². The Hall–Kier alpha value is -0.440. The van der Waals surface area contributed by atoms with E-state index in [2.05, 4.69) is 10.6 Å². The number of halogens is 2. The Morgan fingerprint density at radius 2 is 2.25 bits per heavy atom. The molecule has 1 aliphatic rings. The average Bonchev–Trinajstić information content (AvgIpc) is 2.32. The number of hydrogen-bond acceptors (Lipinski definition) is 2. The van der Waals surface area contributed by atoms with Gasteiger partial charge in [0, 0.05) is 11.6 Å². The van der Waals surface area contributed by atoms with Crippen molar-refractivity contribution in [3.63, 3.8) is 0 Å². The van der Waals surface area contributed by atoms with Crippen LogP contribution in [0.25, 0.3) is 0 Å². The van der Waals surface area contributed by atoms with E-state index in [1.54, 1.807) is 6.07 Å². The van der Waals surface area contributed by atoms with Gasteiger partial charge in [0.1, 0.15) is 0 Å². The molecule has 0 saturated carbocycles. The minimum atomic E-state index is 0.684. The van der Waals surface area contributed by atoms with E-state index >= 15 is 0 Å². The van der Waals surface area contributed by atoms with Crippen molar-refractivity contribution in [2.75, 3.05) is 25.0 Å². The molecular weight excluding hydrogens is 243 g/mol. The highest BCUT2D eigenvalue weighted by Crippen LogP contribution is 2.25. The van der Waals surface area contributed by atoms with E-state index in [1.165, 1.54) is 12.8 Å². The van der Waals surface area contributed by atoms with Gasteiger partial charge in [-0.3, -0.25) is 0 Å². The van der Waals surface area contributed by atoms with E-state index in [0.29, 0.717) is 10.9 Å². The number of hydrogen-bond donors (Lipinski definition) is 2. The lowest BCUT2D eigenvalue weighted by molar-refractivity contribution is 0.393. The molecule has 1 atom stereocenters. The van der Waals surface area contributed by atoms with Gasteiger partial charge in [0.2, 0.25) is 0 Å². The molecule has 88 valence electrons. The van der Waals surface area contributed by atoms with Crippen LogP contribution in [0.1, 0.15) is 12.8 Å². The topological polar surface area (TPSA) is 24.1 Å². The third-order valence-electron chi connectivity index (χ3n) is 2.91. The van der Waals surface area contributed by atoms with Gasteiger partial charge >= 0.3 is 0 Å². The molecule has 1 fully saturated rings. The molecule has 1 aliphatic heterocycles. The zero-order valence-electron chi connectivity index (χ0n) is 9.10. The fraction of sp³-hybridized carbons (Fsp3) is 0.500. The zero-order chi connectivity index (χ0) is 11.4. The zero-order valence-corrected chi connectivity index (χ0v) is 10.6. The van der Waals surface area contributed by atoms with E-state index in [9.17, 15) is 0 Å². The molecule has 0 amide bonds. The van der Waals surface area contributed by atoms with Crippen LogP contribution >= 0.6 is 23.2 Å². The van der Waals surface area contributed by atoms with Gasteiger partial charge in [-0.25, -0.2) is 0 Å². The Balaban J connectivity index is 1.90. The number of nitrogens with one attached hydrogen (secondary N) is 2. The SMILES string of the molecule is Clc1ccc(Cl)c(NCC2CCCNC2)c1. The molecule has 0 bridgehead atoms. The maximum absolute atomic E-state index is 6.08. The fourth-order valence-electron chi connectivity index (χ4n) is 1.99. The normalized spacial score (nSPS) is 20.8. The van der Waals surface area contributed by atoms with Crippen molar-refractivity contribution in [2.45, 2.75) is 12.8 Å². The summed E-state index contributed by atoms with van der Waals surface area (Å²) in [5.74, 6) is 0.684. The summed E-state index contributed by atoms with van der Waals surface area (Å²) in [5, 5.41) is 8.21. The summed E-state index contributed by atoms with van der Waals surface area (Å²) in [6, 6.07) is 5.50. The van der Waals surface area contributed by atoms with Gasteiger partial charge < -0.3 is 10.6 Å². The highest BCUT2D eigenvalue weighted by molar-refractivity contribution is 6.35. The quantitative estimate of drug-likeness (QED) is 0.869. The van der Waals surface area contributed by atoms with Crippen LogP contribution in [-0.4, -0.2) is 19.6 Å². The molecule has 0 spiro atoms. The number of anilines is 1. The van der Waals surface area contributed by atoms with Crippen LogP contribution < -0.4 is 10.6 Å². The molecule has 2 N–H and O–H groups in total. The summed E-state index contributed by atoms with van der Waals surface area (Å²) in [4.78, 5) is 0. The number of benzene rings is 1. The Morgan fingerprint density at radius 1 is 1.38 bits per heavy atom. The van der Waals surface area contributed by atoms with Gasteiger partial charge in [-0.1, -0.05) is 23.2 Å². The van der Waals surface area contributed by atoms with Gasteiger partial charge in [0.05, 0.1) is 10.7 Å². The smallest absolute Gasteiger partial charge is 0.0638 e. The van der Waals surface area contributed by atoms with E-state index in [0.717, 1.165) is 30.3 Å². The predicted octanol–water partition coefficient (Wildman–Crippen LogP) is 3.40. The van der Waals surface area contributed by atoms with Gasteiger partial charge in [0.15, 0.2) is 0 Å². The molecule has 4 heteroatoms. The van der Waals surface area contributed by atoms with Crippen LogP contribution in [0, 0.1) is 5.92 Å². The lowest BCUT2D eigenvalue weighted by Gasteiger charge is -2.23. The molecule has 1 aromatic carbocycles. The first-order valence-corrected chi connectivity index (χ1v) is 6.41. The van der Waals surface area contributed by atoms with Crippen LogP contribution in [0.15, 0.2) is 18.2 Å². The van der Waals surface area contributed by atoms with E-state index in [1.807, 2.05) is 12.1 Å². The Kier molecular flexibility index (Phi) is 4.33. The van der Waals surface area contributed by atoms with Gasteiger partial charge in [0.25, 0.3) is 0 Å². The van der Waals surface area contributed by atoms with Crippen molar-refractivity contribution in [3.05, 3.63) is 28.2 Å². The molecule has 1 heterocycles. The second kappa shape index (κ2) is 5.76. The molecule has 1 unspecified atom stereocenters. The summed E-state index contributed by atoms with van der Waals surface area (Å²) in [6.45, 7) is 3.19. The maximum Gasteiger partial charge on any atom is 0.0638 e. The first-order chi connectivity index (χ1) is 7.75. The lowest BCUT2D eigenvalue weighted by atomic mass is 10.00. The minimum absolute atomic E-state index is 0.684. The first-order valence-electron chi connectivity index (χ1n) is 5.65. The average molecular weight is 259 g/mol. The molecule has 0 aromatic heterocycles. The summed E-state index contributed by atoms with van der Waals surface area (Å²) in [6.07, 6.45) is 2.54. The maximum atomic E-state index is 6.08. The molecular formula is C12H16Cl2N2. The van der Waals surface area contributed by atoms with Crippen LogP contribution in [0.3, 0.4) is 0 Å². The van der Waals surface area contributed by atoms with Crippen LogP contribution in [0.5, 0.6) is 0 Å². The van der Waals surface area contributed by atoms with Crippen LogP contribution in [0.2, 0.25) is 10.0 Å². The standard InChI is InChI=1S/C12H16Cl2N2/c13-10-3-4-11(14)12(6-10)16-8-9-2-1-5-15-7-9/h3-4,6,9,15-16H,1-2,5,7-8H2. The molecule has 1 aromatic rings. The number of rotatable bonds is 3. The molecule has 1 saturated heterocycles. The summed E-state index contributed by atoms with van der Waals surface area (Å²) in [7, 11) is 0. The highest BCUT2D eigenvalue weighted by atomic mass is 35.5. The van der Waals surface area contributed by atoms with E-state index < -0.39 is 0 Å². The van der Waals surface area contributed by atoms with Gasteiger partial charge in [-0.05, 0) is 50.0 Å². The summed E-state index contributed by atoms with van der Waals surface area (Å²) in [5.41, 5.74) is 0.930. The van der Waals surface area contributed by atoms with Crippen molar-refractivity contribution >= 4 is 28.9 Å². The second-order valence-electron chi connectivity index (χ2n) is 4.22. The van der Waals surface area contributed by atoms with Crippen molar-refractivity contribution in [1.29, 1.82) is 0 Å². The van der Waals surface area contributed by atoms with Gasteiger partial charge in [-0.15, -0.1) is 0 Å². The van der Waals surface area contributed by atoms with Crippen LogP contribution in [0.4, 0.5) is 5.69 Å². The fourth-order valence-corrected chi connectivity index (χ4v) is 2.34. The predicted molar refractivity (Wildman–Crippen MR) is 70.5 cm³/mol. The molecule has 16 heavy (non-hydrogen) atoms. The Morgan fingerprint density at radius 3 is 3.00 bits per heavy atom. The Labute approximate surface area is 106 Å². The van der Waals surface area contributed by atoms with E-state index in [4.69, 9.17) is 23.2 Å². The largest absolute Gasteiger partial charge is 0.383 e. The molecule has 2 rings (SSSR count). The number of piperidine rings is 1. The van der Waals surface area contributed by atoms with Crippen molar-refractivity contribution in [2.24, 2.45) is 5.92 Å². The molecule has 0 radical (unpaired) electrons. The Bertz CT molecular complexity index is 349. The van der Waals surface area contributed by atoms with Crippen LogP contribution in [-0.2, 0) is 0 Å². The first kappa shape index (κ1) is 12.0. The second-order valence-corrected chi connectivity index (χ2v) is 5.06. The molecule has 2 nitrogen and oxygen atoms in total.